The molecule has 0 radical (unpaired) electrons. The Labute approximate surface area is 153 Å². The molecule has 0 aliphatic carbocycles. The molecule has 0 aliphatic heterocycles. The molecule has 0 aliphatic rings. The number of hydrogen-bond donors (Lipinski definition) is 1. The average Bonchev–Trinajstić information content (AvgIpc) is 2.62. The van der Waals surface area contributed by atoms with E-state index >= 15 is 0 Å². The first-order valence-electron chi connectivity index (χ1n) is 8.04. The van der Waals surface area contributed by atoms with Crippen LogP contribution in [0.4, 0.5) is 11.4 Å². The van der Waals surface area contributed by atoms with Gasteiger partial charge >= 0.3 is 0 Å². The van der Waals surface area contributed by atoms with Gasteiger partial charge in [0.25, 0.3) is 5.91 Å². The summed E-state index contributed by atoms with van der Waals surface area (Å²) in [6.45, 7) is 3.10. The van der Waals surface area contributed by atoms with E-state index in [2.05, 4.69) is 17.1 Å². The number of carbonyl (C=O) groups excluding carboxylic acids is 1. The number of amides is 1. The highest BCUT2D eigenvalue weighted by Crippen LogP contribution is 2.36. The molecule has 0 heterocycles. The Morgan fingerprint density at radius 2 is 1.76 bits per heavy atom. The van der Waals surface area contributed by atoms with E-state index in [-0.39, 0.29) is 5.91 Å². The molecule has 0 spiro atoms. The van der Waals surface area contributed by atoms with E-state index in [1.54, 1.807) is 24.3 Å². The van der Waals surface area contributed by atoms with Crippen LogP contribution in [0.3, 0.4) is 0 Å². The summed E-state index contributed by atoms with van der Waals surface area (Å²) in [5.74, 6) is 0.734. The number of carbonyl (C=O) groups is 1. The summed E-state index contributed by atoms with van der Waals surface area (Å²) in [5, 5.41) is 3.22. The molecule has 2 rings (SSSR count). The Kier molecular flexibility index (Phi) is 6.53. The van der Waals surface area contributed by atoms with Crippen molar-refractivity contribution >= 4 is 28.9 Å². The number of nitrogens with one attached hydrogen (secondary N) is 1. The second-order valence-corrected chi connectivity index (χ2v) is 6.02. The largest absolute Gasteiger partial charge is 0.495 e. The third-order valence-corrected chi connectivity index (χ3v) is 4.15. The van der Waals surface area contributed by atoms with Crippen LogP contribution in [0.5, 0.6) is 11.5 Å². The Morgan fingerprint density at radius 3 is 2.32 bits per heavy atom. The summed E-state index contributed by atoms with van der Waals surface area (Å²) in [6, 6.07) is 10.7. The quantitative estimate of drug-likeness (QED) is 0.790. The number of halogens is 1. The fourth-order valence-electron chi connectivity index (χ4n) is 2.48. The first-order chi connectivity index (χ1) is 12.0. The molecule has 2 aromatic carbocycles. The molecule has 2 aromatic rings. The fraction of sp³-hybridized carbons (Fsp3) is 0.316. The summed E-state index contributed by atoms with van der Waals surface area (Å²) in [6.07, 6.45) is 1.07. The third kappa shape index (κ3) is 4.57. The van der Waals surface area contributed by atoms with Gasteiger partial charge in [0.05, 0.1) is 24.9 Å². The standard InChI is InChI=1S/C19H23ClN2O3/c1-5-10-22(2)14-8-6-13(7-9-14)19(23)21-16-11-15(20)17(24-3)12-18(16)25-4/h6-9,11-12H,5,10H2,1-4H3,(H,21,23). The normalized spacial score (nSPS) is 10.3. The Bertz CT molecular complexity index is 732. The van der Waals surface area contributed by atoms with Crippen LogP contribution >= 0.6 is 11.6 Å². The molecule has 0 aromatic heterocycles. The lowest BCUT2D eigenvalue weighted by Crippen LogP contribution is -2.18. The van der Waals surface area contributed by atoms with E-state index in [0.717, 1.165) is 18.7 Å². The molecule has 1 N–H and O–H groups in total. The van der Waals surface area contributed by atoms with Gasteiger partial charge < -0.3 is 19.7 Å². The van der Waals surface area contributed by atoms with Crippen LogP contribution in [0, 0.1) is 0 Å². The van der Waals surface area contributed by atoms with Crippen molar-refractivity contribution in [3.63, 3.8) is 0 Å². The molecule has 134 valence electrons. The number of nitrogens with zero attached hydrogens (tertiary/aromatic N) is 1. The highest BCUT2D eigenvalue weighted by Gasteiger charge is 2.14. The van der Waals surface area contributed by atoms with Crippen molar-refractivity contribution in [1.82, 2.24) is 0 Å². The lowest BCUT2D eigenvalue weighted by atomic mass is 10.1. The summed E-state index contributed by atoms with van der Waals surface area (Å²) in [5.41, 5.74) is 2.12. The van der Waals surface area contributed by atoms with Gasteiger partial charge in [0, 0.05) is 30.9 Å². The maximum Gasteiger partial charge on any atom is 0.255 e. The molecule has 0 bridgehead atoms. The third-order valence-electron chi connectivity index (χ3n) is 3.85. The zero-order valence-corrected chi connectivity index (χ0v) is 15.7. The fourth-order valence-corrected chi connectivity index (χ4v) is 2.72. The molecule has 0 fully saturated rings. The van der Waals surface area contributed by atoms with Crippen molar-refractivity contribution in [1.29, 1.82) is 0 Å². The van der Waals surface area contributed by atoms with Crippen molar-refractivity contribution in [2.45, 2.75) is 13.3 Å². The molecule has 1 amide bonds. The Hall–Kier alpha value is -2.40. The predicted octanol–water partition coefficient (Wildman–Crippen LogP) is 4.46. The SMILES string of the molecule is CCCN(C)c1ccc(C(=O)Nc2cc(Cl)c(OC)cc2OC)cc1. The highest BCUT2D eigenvalue weighted by atomic mass is 35.5. The number of ether oxygens (including phenoxy) is 2. The van der Waals surface area contributed by atoms with Gasteiger partial charge in [-0.3, -0.25) is 4.79 Å². The molecular weight excluding hydrogens is 340 g/mol. The van der Waals surface area contributed by atoms with Gasteiger partial charge in [0.1, 0.15) is 11.5 Å². The minimum absolute atomic E-state index is 0.232. The lowest BCUT2D eigenvalue weighted by Gasteiger charge is -2.18. The van der Waals surface area contributed by atoms with Crippen molar-refractivity contribution in [2.75, 3.05) is 38.0 Å². The van der Waals surface area contributed by atoms with Gasteiger partial charge in [-0.1, -0.05) is 18.5 Å². The van der Waals surface area contributed by atoms with E-state index in [9.17, 15) is 4.79 Å². The van der Waals surface area contributed by atoms with E-state index < -0.39 is 0 Å². The van der Waals surface area contributed by atoms with E-state index in [4.69, 9.17) is 21.1 Å². The van der Waals surface area contributed by atoms with Crippen LogP contribution in [-0.4, -0.2) is 33.7 Å². The topological polar surface area (TPSA) is 50.8 Å². The van der Waals surface area contributed by atoms with Crippen LogP contribution in [0.2, 0.25) is 5.02 Å². The predicted molar refractivity (Wildman–Crippen MR) is 103 cm³/mol. The monoisotopic (exact) mass is 362 g/mol. The zero-order valence-electron chi connectivity index (χ0n) is 14.9. The second kappa shape index (κ2) is 8.62. The van der Waals surface area contributed by atoms with Gasteiger partial charge in [-0.15, -0.1) is 0 Å². The first kappa shape index (κ1) is 18.9. The lowest BCUT2D eigenvalue weighted by molar-refractivity contribution is 0.102. The second-order valence-electron chi connectivity index (χ2n) is 5.61. The summed E-state index contributed by atoms with van der Waals surface area (Å²) < 4.78 is 10.5. The highest BCUT2D eigenvalue weighted by molar-refractivity contribution is 6.32. The number of rotatable bonds is 7. The van der Waals surface area contributed by atoms with Gasteiger partial charge in [-0.2, -0.15) is 0 Å². The van der Waals surface area contributed by atoms with Crippen LogP contribution in [0.25, 0.3) is 0 Å². The molecule has 6 heteroatoms. The smallest absolute Gasteiger partial charge is 0.255 e. The number of anilines is 2. The van der Waals surface area contributed by atoms with Gasteiger partial charge in [-0.05, 0) is 36.8 Å². The van der Waals surface area contributed by atoms with Gasteiger partial charge in [-0.25, -0.2) is 0 Å². The minimum Gasteiger partial charge on any atom is -0.495 e. The van der Waals surface area contributed by atoms with E-state index in [1.807, 2.05) is 19.2 Å². The Balaban J connectivity index is 2.18. The van der Waals surface area contributed by atoms with E-state index in [1.165, 1.54) is 14.2 Å². The van der Waals surface area contributed by atoms with E-state index in [0.29, 0.717) is 27.8 Å². The molecule has 25 heavy (non-hydrogen) atoms. The zero-order chi connectivity index (χ0) is 18.4. The van der Waals surface area contributed by atoms with Gasteiger partial charge in [0.2, 0.25) is 0 Å². The minimum atomic E-state index is -0.232. The maximum atomic E-state index is 12.5. The van der Waals surface area contributed by atoms with Crippen molar-refractivity contribution in [3.8, 4) is 11.5 Å². The molecule has 0 saturated heterocycles. The number of benzene rings is 2. The summed E-state index contributed by atoms with van der Waals surface area (Å²) in [4.78, 5) is 14.6. The van der Waals surface area contributed by atoms with Crippen LogP contribution < -0.4 is 19.7 Å². The van der Waals surface area contributed by atoms with Crippen LogP contribution in [0.15, 0.2) is 36.4 Å². The molecule has 0 atom stereocenters. The average molecular weight is 363 g/mol. The molecule has 0 saturated carbocycles. The molecule has 0 unspecified atom stereocenters. The number of methoxy groups -OCH3 is 2. The summed E-state index contributed by atoms with van der Waals surface area (Å²) >= 11 is 6.14. The van der Waals surface area contributed by atoms with Crippen LogP contribution in [-0.2, 0) is 0 Å². The molecule has 5 nitrogen and oxygen atoms in total. The van der Waals surface area contributed by atoms with Crippen molar-refractivity contribution < 1.29 is 14.3 Å². The number of hydrogen-bond acceptors (Lipinski definition) is 4. The first-order valence-corrected chi connectivity index (χ1v) is 8.42. The van der Waals surface area contributed by atoms with Crippen molar-refractivity contribution in [2.24, 2.45) is 0 Å². The molecular formula is C19H23ClN2O3. The Morgan fingerprint density at radius 1 is 1.12 bits per heavy atom. The maximum absolute atomic E-state index is 12.5. The summed E-state index contributed by atoms with van der Waals surface area (Å²) in [7, 11) is 5.08. The van der Waals surface area contributed by atoms with Crippen LogP contribution in [0.1, 0.15) is 23.7 Å². The van der Waals surface area contributed by atoms with Gasteiger partial charge in [0.15, 0.2) is 0 Å². The van der Waals surface area contributed by atoms with Crippen molar-refractivity contribution in [3.05, 3.63) is 47.0 Å².